The number of hydrogen-bond donors (Lipinski definition) is 3. The van der Waals surface area contributed by atoms with E-state index in [1.165, 1.54) is 24.3 Å². The zero-order valence-electron chi connectivity index (χ0n) is 17.0. The van der Waals surface area contributed by atoms with Crippen LogP contribution in [0.3, 0.4) is 0 Å². The average molecular weight is 431 g/mol. The third kappa shape index (κ3) is 5.18. The van der Waals surface area contributed by atoms with Crippen molar-refractivity contribution in [2.24, 2.45) is 11.8 Å². The summed E-state index contributed by atoms with van der Waals surface area (Å²) in [5.41, 5.74) is 2.82. The van der Waals surface area contributed by atoms with Gasteiger partial charge < -0.3 is 10.4 Å². The normalized spacial score (nSPS) is 19.1. The lowest BCUT2D eigenvalue weighted by Gasteiger charge is -2.27. The Hall–Kier alpha value is -2.87. The molecule has 8 heteroatoms. The fourth-order valence-electron chi connectivity index (χ4n) is 3.94. The highest BCUT2D eigenvalue weighted by molar-refractivity contribution is 7.92. The van der Waals surface area contributed by atoms with Gasteiger partial charge in [-0.25, -0.2) is 8.42 Å². The summed E-state index contributed by atoms with van der Waals surface area (Å²) >= 11 is 0. The minimum atomic E-state index is -3.77. The van der Waals surface area contributed by atoms with Crippen molar-refractivity contribution in [1.29, 1.82) is 0 Å². The molecule has 2 aromatic carbocycles. The van der Waals surface area contributed by atoms with Crippen molar-refractivity contribution in [3.8, 4) is 0 Å². The van der Waals surface area contributed by atoms with E-state index in [0.29, 0.717) is 24.2 Å². The molecule has 0 bridgehead atoms. The first kappa shape index (κ1) is 21.8. The van der Waals surface area contributed by atoms with E-state index in [-0.39, 0.29) is 10.8 Å². The van der Waals surface area contributed by atoms with Gasteiger partial charge in [-0.2, -0.15) is 0 Å². The van der Waals surface area contributed by atoms with Gasteiger partial charge in [-0.3, -0.25) is 14.3 Å². The molecule has 3 N–H and O–H groups in total. The molecule has 3 rings (SSSR count). The molecule has 1 aliphatic rings. The van der Waals surface area contributed by atoms with Crippen LogP contribution in [0.15, 0.2) is 47.4 Å². The van der Waals surface area contributed by atoms with Crippen LogP contribution in [0, 0.1) is 25.7 Å². The molecule has 2 atom stereocenters. The molecule has 2 aromatic rings. The number of carboxylic acid groups (broad SMARTS) is 1. The SMILES string of the molecule is Cc1cc(C)cc(NS(=O)(=O)c2ccc(NC(=O)C3CCCC[C@@H]3C(=O)O)cc2)c1. The van der Waals surface area contributed by atoms with Crippen LogP contribution in [-0.4, -0.2) is 25.4 Å². The number of aryl methyl sites for hydroxylation is 2. The van der Waals surface area contributed by atoms with E-state index in [1.54, 1.807) is 12.1 Å². The van der Waals surface area contributed by atoms with Gasteiger partial charge in [0.25, 0.3) is 10.0 Å². The summed E-state index contributed by atoms with van der Waals surface area (Å²) in [5, 5.41) is 12.1. The van der Waals surface area contributed by atoms with Gasteiger partial charge in [-0.15, -0.1) is 0 Å². The Morgan fingerprint density at radius 3 is 2.03 bits per heavy atom. The monoisotopic (exact) mass is 430 g/mol. The standard InChI is InChI=1S/C22H26N2O5S/c1-14-11-15(2)13-17(12-14)24-30(28,29)18-9-7-16(8-10-18)23-21(25)19-5-3-4-6-20(19)22(26)27/h7-13,19-20,24H,3-6H2,1-2H3,(H,23,25)(H,26,27)/t19?,20-/m0/s1. The van der Waals surface area contributed by atoms with Crippen LogP contribution >= 0.6 is 0 Å². The molecular weight excluding hydrogens is 404 g/mol. The molecule has 0 saturated heterocycles. The first-order valence-electron chi connectivity index (χ1n) is 9.90. The molecule has 1 saturated carbocycles. The van der Waals surface area contributed by atoms with Gasteiger partial charge >= 0.3 is 5.97 Å². The molecule has 7 nitrogen and oxygen atoms in total. The van der Waals surface area contributed by atoms with Gasteiger partial charge in [-0.1, -0.05) is 18.9 Å². The summed E-state index contributed by atoms with van der Waals surface area (Å²) in [5.74, 6) is -2.55. The van der Waals surface area contributed by atoms with Crippen LogP contribution in [0.1, 0.15) is 36.8 Å². The highest BCUT2D eigenvalue weighted by Gasteiger charge is 2.35. The van der Waals surface area contributed by atoms with Crippen molar-refractivity contribution in [3.63, 3.8) is 0 Å². The van der Waals surface area contributed by atoms with Crippen molar-refractivity contribution in [2.75, 3.05) is 10.0 Å². The van der Waals surface area contributed by atoms with Crippen LogP contribution in [0.25, 0.3) is 0 Å². The Morgan fingerprint density at radius 1 is 0.900 bits per heavy atom. The summed E-state index contributed by atoms with van der Waals surface area (Å²) in [6.07, 6.45) is 2.66. The van der Waals surface area contributed by atoms with Crippen LogP contribution in [0.5, 0.6) is 0 Å². The van der Waals surface area contributed by atoms with E-state index in [1.807, 2.05) is 19.9 Å². The third-order valence-corrected chi connectivity index (χ3v) is 6.72. The number of carbonyl (C=O) groups excluding carboxylic acids is 1. The van der Waals surface area contributed by atoms with Crippen LogP contribution in [-0.2, 0) is 19.6 Å². The highest BCUT2D eigenvalue weighted by Crippen LogP contribution is 2.31. The van der Waals surface area contributed by atoms with Crippen molar-refractivity contribution in [2.45, 2.75) is 44.4 Å². The molecule has 1 aliphatic carbocycles. The summed E-state index contributed by atoms with van der Waals surface area (Å²) in [4.78, 5) is 24.0. The molecule has 1 amide bonds. The van der Waals surface area contributed by atoms with E-state index in [2.05, 4.69) is 10.0 Å². The zero-order chi connectivity index (χ0) is 21.9. The average Bonchev–Trinajstić information content (AvgIpc) is 2.67. The zero-order valence-corrected chi connectivity index (χ0v) is 17.8. The van der Waals surface area contributed by atoms with E-state index in [4.69, 9.17) is 0 Å². The predicted octanol–water partition coefficient (Wildman–Crippen LogP) is 3.93. The number of carbonyl (C=O) groups is 2. The minimum Gasteiger partial charge on any atom is -0.481 e. The maximum absolute atomic E-state index is 12.7. The number of benzene rings is 2. The highest BCUT2D eigenvalue weighted by atomic mass is 32.2. The summed E-state index contributed by atoms with van der Waals surface area (Å²) < 4.78 is 27.9. The Bertz CT molecular complexity index is 1030. The molecular formula is C22H26N2O5S. The van der Waals surface area contributed by atoms with Gasteiger partial charge in [0, 0.05) is 11.4 Å². The fraction of sp³-hybridized carbons (Fsp3) is 0.364. The lowest BCUT2D eigenvalue weighted by Crippen LogP contribution is -2.36. The molecule has 0 aromatic heterocycles. The Kier molecular flexibility index (Phi) is 6.45. The number of aliphatic carboxylic acids is 1. The van der Waals surface area contributed by atoms with E-state index in [9.17, 15) is 23.1 Å². The largest absolute Gasteiger partial charge is 0.481 e. The second-order valence-electron chi connectivity index (χ2n) is 7.83. The molecule has 30 heavy (non-hydrogen) atoms. The molecule has 1 unspecified atom stereocenters. The Morgan fingerprint density at radius 2 is 1.47 bits per heavy atom. The maximum atomic E-state index is 12.7. The van der Waals surface area contributed by atoms with Crippen molar-refractivity contribution >= 4 is 33.3 Å². The number of amides is 1. The van der Waals surface area contributed by atoms with Gasteiger partial charge in [0.2, 0.25) is 5.91 Å². The Labute approximate surface area is 176 Å². The van der Waals surface area contributed by atoms with E-state index in [0.717, 1.165) is 24.0 Å². The molecule has 160 valence electrons. The number of hydrogen-bond acceptors (Lipinski definition) is 4. The van der Waals surface area contributed by atoms with Gasteiger partial charge in [0.15, 0.2) is 0 Å². The lowest BCUT2D eigenvalue weighted by atomic mass is 9.78. The van der Waals surface area contributed by atoms with Crippen molar-refractivity contribution in [3.05, 3.63) is 53.6 Å². The second-order valence-corrected chi connectivity index (χ2v) is 9.51. The van der Waals surface area contributed by atoms with Crippen molar-refractivity contribution < 1.29 is 23.1 Å². The summed E-state index contributed by atoms with van der Waals surface area (Å²) in [6.45, 7) is 3.78. The van der Waals surface area contributed by atoms with Crippen molar-refractivity contribution in [1.82, 2.24) is 0 Å². The first-order chi connectivity index (χ1) is 14.2. The van der Waals surface area contributed by atoms with Gasteiger partial charge in [0.05, 0.1) is 16.7 Å². The topological polar surface area (TPSA) is 113 Å². The van der Waals surface area contributed by atoms with E-state index < -0.39 is 27.8 Å². The molecule has 0 aliphatic heterocycles. The number of sulfonamides is 1. The first-order valence-corrected chi connectivity index (χ1v) is 11.4. The number of nitrogens with one attached hydrogen (secondary N) is 2. The summed E-state index contributed by atoms with van der Waals surface area (Å²) in [6, 6.07) is 11.3. The molecule has 0 heterocycles. The number of rotatable bonds is 6. The number of anilines is 2. The molecule has 0 radical (unpaired) electrons. The third-order valence-electron chi connectivity index (χ3n) is 5.33. The van der Waals surface area contributed by atoms with Crippen LogP contribution in [0.4, 0.5) is 11.4 Å². The van der Waals surface area contributed by atoms with Gasteiger partial charge in [-0.05, 0) is 74.2 Å². The predicted molar refractivity (Wildman–Crippen MR) is 115 cm³/mol. The lowest BCUT2D eigenvalue weighted by molar-refractivity contribution is -0.147. The fourth-order valence-corrected chi connectivity index (χ4v) is 4.98. The molecule has 1 fully saturated rings. The summed E-state index contributed by atoms with van der Waals surface area (Å²) in [7, 11) is -3.77. The van der Waals surface area contributed by atoms with Gasteiger partial charge in [0.1, 0.15) is 0 Å². The quantitative estimate of drug-likeness (QED) is 0.643. The Balaban J connectivity index is 1.70. The second kappa shape index (κ2) is 8.87. The van der Waals surface area contributed by atoms with E-state index >= 15 is 0 Å². The van der Waals surface area contributed by atoms with Crippen LogP contribution < -0.4 is 10.0 Å². The smallest absolute Gasteiger partial charge is 0.307 e. The molecule has 0 spiro atoms. The minimum absolute atomic E-state index is 0.0701. The number of carboxylic acids is 1. The maximum Gasteiger partial charge on any atom is 0.307 e. The van der Waals surface area contributed by atoms with Crippen LogP contribution in [0.2, 0.25) is 0 Å².